The van der Waals surface area contributed by atoms with E-state index in [2.05, 4.69) is 0 Å². The number of nitrogens with zero attached hydrogens (tertiary/aromatic N) is 3. The van der Waals surface area contributed by atoms with Crippen LogP contribution in [0.1, 0.15) is 6.92 Å². The van der Waals surface area contributed by atoms with E-state index in [-0.39, 0.29) is 35.4 Å². The highest BCUT2D eigenvalue weighted by atomic mass is 32.2. The van der Waals surface area contributed by atoms with Crippen molar-refractivity contribution < 1.29 is 27.5 Å². The summed E-state index contributed by atoms with van der Waals surface area (Å²) in [7, 11) is -3.43. The Kier molecular flexibility index (Phi) is 5.36. The summed E-state index contributed by atoms with van der Waals surface area (Å²) in [6, 6.07) is 4.34. The van der Waals surface area contributed by atoms with Crippen molar-refractivity contribution >= 4 is 33.8 Å². The zero-order valence-corrected chi connectivity index (χ0v) is 15.8. The maximum absolute atomic E-state index is 12.6. The first-order valence-corrected chi connectivity index (χ1v) is 10.3. The normalized spacial score (nSPS) is 17.4. The number of anilines is 1. The molecule has 9 nitrogen and oxygen atoms in total. The number of carbonyl (C=O) groups is 3. The van der Waals surface area contributed by atoms with E-state index < -0.39 is 15.8 Å². The van der Waals surface area contributed by atoms with Crippen LogP contribution in [0.3, 0.4) is 0 Å². The summed E-state index contributed by atoms with van der Waals surface area (Å²) in [4.78, 5) is 40.2. The van der Waals surface area contributed by atoms with E-state index in [4.69, 9.17) is 4.74 Å². The molecule has 0 atom stereocenters. The summed E-state index contributed by atoms with van der Waals surface area (Å²) in [5.74, 6) is -0.632. The Labute approximate surface area is 157 Å². The lowest BCUT2D eigenvalue weighted by atomic mass is 10.2. The SMILES string of the molecule is CCS(=O)(=O)c1ccc2c(c1)OC(=O)CN2CC(=O)N1CCN(C=O)CC1. The molecule has 10 heteroatoms. The maximum Gasteiger partial charge on any atom is 0.331 e. The average molecular weight is 395 g/mol. The molecule has 146 valence electrons. The molecule has 0 radical (unpaired) electrons. The number of hydrogen-bond acceptors (Lipinski definition) is 7. The monoisotopic (exact) mass is 395 g/mol. The summed E-state index contributed by atoms with van der Waals surface area (Å²) in [5.41, 5.74) is 0.504. The molecule has 1 saturated heterocycles. The summed E-state index contributed by atoms with van der Waals surface area (Å²) in [6.45, 7) is 3.26. The number of ether oxygens (including phenoxy) is 1. The fraction of sp³-hybridized carbons (Fsp3) is 0.471. The minimum atomic E-state index is -3.43. The summed E-state index contributed by atoms with van der Waals surface area (Å²) in [6.07, 6.45) is 0.765. The third-order valence-electron chi connectivity index (χ3n) is 4.70. The molecule has 3 rings (SSSR count). The molecule has 27 heavy (non-hydrogen) atoms. The second-order valence-corrected chi connectivity index (χ2v) is 8.66. The zero-order chi connectivity index (χ0) is 19.6. The second kappa shape index (κ2) is 7.55. The van der Waals surface area contributed by atoms with Gasteiger partial charge in [-0.2, -0.15) is 0 Å². The molecule has 1 aromatic rings. The molecule has 2 aliphatic rings. The van der Waals surface area contributed by atoms with Gasteiger partial charge < -0.3 is 19.4 Å². The number of sulfone groups is 1. The van der Waals surface area contributed by atoms with E-state index in [9.17, 15) is 22.8 Å². The Morgan fingerprint density at radius 1 is 1.22 bits per heavy atom. The third kappa shape index (κ3) is 4.05. The van der Waals surface area contributed by atoms with Crippen LogP contribution in [0.15, 0.2) is 23.1 Å². The van der Waals surface area contributed by atoms with Gasteiger partial charge in [0.15, 0.2) is 15.6 Å². The number of fused-ring (bicyclic) bond motifs is 1. The van der Waals surface area contributed by atoms with E-state index in [1.807, 2.05) is 0 Å². The summed E-state index contributed by atoms with van der Waals surface area (Å²) < 4.78 is 29.3. The number of benzene rings is 1. The van der Waals surface area contributed by atoms with Crippen LogP contribution in [0.5, 0.6) is 5.75 Å². The molecule has 0 unspecified atom stereocenters. The van der Waals surface area contributed by atoms with Crippen LogP contribution in [0.25, 0.3) is 0 Å². The van der Waals surface area contributed by atoms with E-state index in [0.29, 0.717) is 31.9 Å². The number of piperazine rings is 1. The van der Waals surface area contributed by atoms with Crippen molar-refractivity contribution in [3.63, 3.8) is 0 Å². The van der Waals surface area contributed by atoms with Crippen molar-refractivity contribution in [1.29, 1.82) is 0 Å². The summed E-state index contributed by atoms with van der Waals surface area (Å²) >= 11 is 0. The predicted octanol–water partition coefficient (Wildman–Crippen LogP) is -0.494. The molecule has 0 aliphatic carbocycles. The average Bonchev–Trinajstić information content (AvgIpc) is 2.67. The predicted molar refractivity (Wildman–Crippen MR) is 96.2 cm³/mol. The summed E-state index contributed by atoms with van der Waals surface area (Å²) in [5, 5.41) is 0. The van der Waals surface area contributed by atoms with Crippen LogP contribution < -0.4 is 9.64 Å². The Hall–Kier alpha value is -2.62. The molecular formula is C17H21N3O6S. The number of hydrogen-bond donors (Lipinski definition) is 0. The minimum Gasteiger partial charge on any atom is -0.423 e. The topological polar surface area (TPSA) is 104 Å². The van der Waals surface area contributed by atoms with Gasteiger partial charge >= 0.3 is 5.97 Å². The van der Waals surface area contributed by atoms with Gasteiger partial charge in [0, 0.05) is 32.2 Å². The van der Waals surface area contributed by atoms with Gasteiger partial charge in [-0.25, -0.2) is 13.2 Å². The maximum atomic E-state index is 12.6. The first-order valence-electron chi connectivity index (χ1n) is 8.63. The third-order valence-corrected chi connectivity index (χ3v) is 6.43. The van der Waals surface area contributed by atoms with E-state index >= 15 is 0 Å². The van der Waals surface area contributed by atoms with Crippen LogP contribution >= 0.6 is 0 Å². The Morgan fingerprint density at radius 3 is 2.56 bits per heavy atom. The van der Waals surface area contributed by atoms with Crippen LogP contribution in [-0.2, 0) is 24.2 Å². The number of carbonyl (C=O) groups excluding carboxylic acids is 3. The van der Waals surface area contributed by atoms with Gasteiger partial charge in [0.2, 0.25) is 12.3 Å². The Bertz CT molecular complexity index is 861. The largest absolute Gasteiger partial charge is 0.423 e. The second-order valence-electron chi connectivity index (χ2n) is 6.39. The fourth-order valence-corrected chi connectivity index (χ4v) is 3.97. The van der Waals surface area contributed by atoms with Gasteiger partial charge in [0.05, 0.1) is 22.9 Å². The van der Waals surface area contributed by atoms with E-state index in [1.165, 1.54) is 19.1 Å². The fourth-order valence-electron chi connectivity index (χ4n) is 3.07. The Morgan fingerprint density at radius 2 is 1.93 bits per heavy atom. The quantitative estimate of drug-likeness (QED) is 0.376. The lowest BCUT2D eigenvalue weighted by molar-refractivity contribution is -0.135. The van der Waals surface area contributed by atoms with Gasteiger partial charge in [-0.15, -0.1) is 0 Å². The molecule has 2 heterocycles. The molecule has 0 aromatic heterocycles. The van der Waals surface area contributed by atoms with Crippen LogP contribution in [0.2, 0.25) is 0 Å². The van der Waals surface area contributed by atoms with Crippen molar-refractivity contribution in [2.24, 2.45) is 0 Å². The van der Waals surface area contributed by atoms with Crippen molar-refractivity contribution in [3.8, 4) is 5.75 Å². The van der Waals surface area contributed by atoms with Crippen molar-refractivity contribution in [3.05, 3.63) is 18.2 Å². The van der Waals surface area contributed by atoms with Gasteiger partial charge in [0.25, 0.3) is 0 Å². The van der Waals surface area contributed by atoms with Crippen LogP contribution in [-0.4, -0.2) is 81.5 Å². The lowest BCUT2D eigenvalue weighted by Gasteiger charge is -2.35. The number of rotatable bonds is 5. The number of amides is 2. The zero-order valence-electron chi connectivity index (χ0n) is 15.0. The lowest BCUT2D eigenvalue weighted by Crippen LogP contribution is -2.51. The highest BCUT2D eigenvalue weighted by Gasteiger charge is 2.29. The van der Waals surface area contributed by atoms with Crippen LogP contribution in [0, 0.1) is 0 Å². The van der Waals surface area contributed by atoms with E-state index in [1.54, 1.807) is 20.8 Å². The molecule has 2 aliphatic heterocycles. The van der Waals surface area contributed by atoms with Gasteiger partial charge in [0.1, 0.15) is 6.54 Å². The van der Waals surface area contributed by atoms with Crippen molar-refractivity contribution in [2.45, 2.75) is 11.8 Å². The molecule has 0 saturated carbocycles. The first kappa shape index (κ1) is 19.2. The Balaban J connectivity index is 1.77. The number of esters is 1. The van der Waals surface area contributed by atoms with Crippen LogP contribution in [0.4, 0.5) is 5.69 Å². The van der Waals surface area contributed by atoms with Gasteiger partial charge in [-0.05, 0) is 12.1 Å². The van der Waals surface area contributed by atoms with Gasteiger partial charge in [-0.1, -0.05) is 6.92 Å². The standard InChI is InChI=1S/C17H21N3O6S/c1-2-27(24,25)13-3-4-14-15(9-13)26-17(23)11-20(14)10-16(22)19-7-5-18(12-21)6-8-19/h3-4,9,12H,2,5-8,10-11H2,1H3. The van der Waals surface area contributed by atoms with E-state index in [0.717, 1.165) is 6.41 Å². The molecular weight excluding hydrogens is 374 g/mol. The molecule has 2 amide bonds. The van der Waals surface area contributed by atoms with Crippen molar-refractivity contribution in [2.75, 3.05) is 49.9 Å². The molecule has 1 aromatic carbocycles. The molecule has 0 N–H and O–H groups in total. The minimum absolute atomic E-state index is 0.0247. The molecule has 0 bridgehead atoms. The highest BCUT2D eigenvalue weighted by Crippen LogP contribution is 2.34. The molecule has 1 fully saturated rings. The van der Waals surface area contributed by atoms with Gasteiger partial charge in [-0.3, -0.25) is 9.59 Å². The first-order chi connectivity index (χ1) is 12.8. The smallest absolute Gasteiger partial charge is 0.331 e. The molecule has 0 spiro atoms. The van der Waals surface area contributed by atoms with Crippen molar-refractivity contribution in [1.82, 2.24) is 9.80 Å². The highest BCUT2D eigenvalue weighted by molar-refractivity contribution is 7.91.